The van der Waals surface area contributed by atoms with E-state index in [4.69, 9.17) is 5.73 Å². The summed E-state index contributed by atoms with van der Waals surface area (Å²) >= 11 is 0. The fraction of sp³-hybridized carbons (Fsp3) is 0.500. The quantitative estimate of drug-likeness (QED) is 0.919. The molecule has 0 atom stereocenters. The minimum atomic E-state index is -0.209. The lowest BCUT2D eigenvalue weighted by Crippen LogP contribution is -2.35. The van der Waals surface area contributed by atoms with E-state index in [1.807, 2.05) is 0 Å². The zero-order chi connectivity index (χ0) is 14.7. The molecule has 1 aliphatic heterocycles. The Balaban J connectivity index is 1.84. The zero-order valence-corrected chi connectivity index (χ0v) is 12.6. The maximum Gasteiger partial charge on any atom is 0.217 e. The Morgan fingerprint density at radius 1 is 1.19 bits per heavy atom. The summed E-state index contributed by atoms with van der Waals surface area (Å²) in [5.41, 5.74) is 9.37. The Labute approximate surface area is 126 Å². The van der Waals surface area contributed by atoms with Gasteiger partial charge in [-0.3, -0.25) is 4.79 Å². The van der Waals surface area contributed by atoms with Gasteiger partial charge in [-0.2, -0.15) is 0 Å². The molecule has 1 aliphatic carbocycles. The van der Waals surface area contributed by atoms with Crippen molar-refractivity contribution in [2.24, 2.45) is 5.73 Å². The topological polar surface area (TPSA) is 46.3 Å². The van der Waals surface area contributed by atoms with Crippen molar-refractivity contribution in [3.05, 3.63) is 41.6 Å². The molecule has 1 aromatic carbocycles. The molecule has 2 aliphatic rings. The summed E-state index contributed by atoms with van der Waals surface area (Å²) in [6.45, 7) is 0. The normalized spacial score (nSPS) is 19.0. The van der Waals surface area contributed by atoms with Crippen LogP contribution in [0.5, 0.6) is 0 Å². The number of fused-ring (bicyclic) bond motifs is 1. The van der Waals surface area contributed by atoms with Gasteiger partial charge >= 0.3 is 0 Å². The van der Waals surface area contributed by atoms with Crippen LogP contribution >= 0.6 is 0 Å². The molecule has 1 heterocycles. The molecular weight excluding hydrogens is 260 g/mol. The molecule has 0 saturated heterocycles. The first kappa shape index (κ1) is 14.2. The average Bonchev–Trinajstić information content (AvgIpc) is 2.53. The Morgan fingerprint density at radius 3 is 2.71 bits per heavy atom. The molecule has 3 nitrogen and oxygen atoms in total. The van der Waals surface area contributed by atoms with Gasteiger partial charge in [0.2, 0.25) is 5.91 Å². The van der Waals surface area contributed by atoms with E-state index in [9.17, 15) is 4.79 Å². The summed E-state index contributed by atoms with van der Waals surface area (Å²) in [6, 6.07) is 9.28. The molecule has 0 spiro atoms. The van der Waals surface area contributed by atoms with Crippen LogP contribution in [-0.4, -0.2) is 11.9 Å². The number of para-hydroxylation sites is 1. The van der Waals surface area contributed by atoms with E-state index in [1.165, 1.54) is 48.9 Å². The number of hydrogen-bond acceptors (Lipinski definition) is 2. The molecule has 1 saturated carbocycles. The minimum Gasteiger partial charge on any atom is -0.370 e. The first-order chi connectivity index (χ1) is 10.2. The second-order valence-electron chi connectivity index (χ2n) is 6.26. The van der Waals surface area contributed by atoms with E-state index in [2.05, 4.69) is 35.4 Å². The number of primary amides is 1. The van der Waals surface area contributed by atoms with Crippen LogP contribution in [0.3, 0.4) is 0 Å². The number of carbonyl (C=O) groups is 1. The molecule has 1 aromatic rings. The number of hydrogen-bond donors (Lipinski definition) is 1. The van der Waals surface area contributed by atoms with Gasteiger partial charge in [0.25, 0.3) is 0 Å². The van der Waals surface area contributed by atoms with Crippen LogP contribution in [0.15, 0.2) is 36.0 Å². The second-order valence-corrected chi connectivity index (χ2v) is 6.26. The van der Waals surface area contributed by atoms with E-state index in [0.29, 0.717) is 12.5 Å². The first-order valence-corrected chi connectivity index (χ1v) is 8.08. The van der Waals surface area contributed by atoms with Gasteiger partial charge in [-0.05, 0) is 42.9 Å². The highest BCUT2D eigenvalue weighted by Crippen LogP contribution is 2.35. The smallest absolute Gasteiger partial charge is 0.217 e. The predicted molar refractivity (Wildman–Crippen MR) is 86.0 cm³/mol. The fourth-order valence-corrected chi connectivity index (χ4v) is 3.57. The average molecular weight is 284 g/mol. The lowest BCUT2D eigenvalue weighted by Gasteiger charge is -2.38. The van der Waals surface area contributed by atoms with Gasteiger partial charge in [0.05, 0.1) is 0 Å². The number of nitrogens with zero attached hydrogens (tertiary/aromatic N) is 1. The van der Waals surface area contributed by atoms with Gasteiger partial charge in [-0.1, -0.05) is 37.5 Å². The molecule has 0 radical (unpaired) electrons. The van der Waals surface area contributed by atoms with Crippen molar-refractivity contribution in [2.75, 3.05) is 4.90 Å². The van der Waals surface area contributed by atoms with Gasteiger partial charge < -0.3 is 10.6 Å². The van der Waals surface area contributed by atoms with Crippen molar-refractivity contribution in [3.8, 4) is 0 Å². The number of allylic oxidation sites excluding steroid dienone is 1. The van der Waals surface area contributed by atoms with E-state index in [-0.39, 0.29) is 5.91 Å². The minimum absolute atomic E-state index is 0.209. The van der Waals surface area contributed by atoms with Crippen LogP contribution < -0.4 is 10.6 Å². The molecule has 1 fully saturated rings. The van der Waals surface area contributed by atoms with Crippen LogP contribution in [0.25, 0.3) is 0 Å². The van der Waals surface area contributed by atoms with Gasteiger partial charge in [0, 0.05) is 24.4 Å². The highest BCUT2D eigenvalue weighted by atomic mass is 16.1. The van der Waals surface area contributed by atoms with Crippen molar-refractivity contribution in [1.29, 1.82) is 0 Å². The predicted octanol–water partition coefficient (Wildman–Crippen LogP) is 3.53. The van der Waals surface area contributed by atoms with Gasteiger partial charge in [0.15, 0.2) is 0 Å². The molecule has 3 rings (SSSR count). The standard InChI is InChI=1S/C18H24N2O/c19-18(21)11-10-14-12-15-6-4-5-9-17(15)20(13-14)16-7-2-1-3-8-16/h4-6,9,13,16H,1-3,7-8,10-12H2,(H2,19,21). The maximum absolute atomic E-state index is 11.1. The van der Waals surface area contributed by atoms with Crippen LogP contribution in [0.2, 0.25) is 0 Å². The summed E-state index contributed by atoms with van der Waals surface area (Å²) < 4.78 is 0. The van der Waals surface area contributed by atoms with Crippen LogP contribution in [0, 0.1) is 0 Å². The highest BCUT2D eigenvalue weighted by molar-refractivity contribution is 5.74. The Kier molecular flexibility index (Phi) is 4.28. The van der Waals surface area contributed by atoms with Crippen molar-refractivity contribution in [1.82, 2.24) is 0 Å². The third-order valence-corrected chi connectivity index (χ3v) is 4.67. The molecule has 0 bridgehead atoms. The van der Waals surface area contributed by atoms with E-state index < -0.39 is 0 Å². The van der Waals surface area contributed by atoms with E-state index >= 15 is 0 Å². The van der Waals surface area contributed by atoms with Crippen molar-refractivity contribution >= 4 is 11.6 Å². The summed E-state index contributed by atoms with van der Waals surface area (Å²) in [4.78, 5) is 13.5. The largest absolute Gasteiger partial charge is 0.370 e. The van der Waals surface area contributed by atoms with Crippen molar-refractivity contribution in [3.63, 3.8) is 0 Å². The Hall–Kier alpha value is -1.77. The van der Waals surface area contributed by atoms with Crippen LogP contribution in [-0.2, 0) is 11.2 Å². The lowest BCUT2D eigenvalue weighted by atomic mass is 9.90. The molecule has 1 amide bonds. The lowest BCUT2D eigenvalue weighted by molar-refractivity contribution is -0.117. The Bertz CT molecular complexity index is 544. The molecule has 3 heteroatoms. The second kappa shape index (κ2) is 6.33. The van der Waals surface area contributed by atoms with Crippen LogP contribution in [0.1, 0.15) is 50.5 Å². The number of amides is 1. The summed E-state index contributed by atoms with van der Waals surface area (Å²) in [6.07, 6.45) is 11.0. The monoisotopic (exact) mass is 284 g/mol. The molecule has 112 valence electrons. The molecule has 2 N–H and O–H groups in total. The number of nitrogens with two attached hydrogens (primary N) is 1. The van der Waals surface area contributed by atoms with Gasteiger partial charge in [-0.15, -0.1) is 0 Å². The number of anilines is 1. The number of benzene rings is 1. The highest BCUT2D eigenvalue weighted by Gasteiger charge is 2.25. The summed E-state index contributed by atoms with van der Waals surface area (Å²) in [5, 5.41) is 0. The SMILES string of the molecule is NC(=O)CCC1=CN(C2CCCCC2)c2ccccc2C1. The summed E-state index contributed by atoms with van der Waals surface area (Å²) in [7, 11) is 0. The molecule has 21 heavy (non-hydrogen) atoms. The van der Waals surface area contributed by atoms with E-state index in [0.717, 1.165) is 12.8 Å². The molecular formula is C18H24N2O. The Morgan fingerprint density at radius 2 is 1.95 bits per heavy atom. The number of rotatable bonds is 4. The third kappa shape index (κ3) is 3.29. The van der Waals surface area contributed by atoms with Gasteiger partial charge in [-0.25, -0.2) is 0 Å². The van der Waals surface area contributed by atoms with Crippen molar-refractivity contribution < 1.29 is 4.79 Å². The molecule has 0 unspecified atom stereocenters. The zero-order valence-electron chi connectivity index (χ0n) is 12.6. The van der Waals surface area contributed by atoms with Crippen molar-refractivity contribution in [2.45, 2.75) is 57.4 Å². The summed E-state index contributed by atoms with van der Waals surface area (Å²) in [5.74, 6) is -0.209. The number of carbonyl (C=O) groups excluding carboxylic acids is 1. The fourth-order valence-electron chi connectivity index (χ4n) is 3.57. The van der Waals surface area contributed by atoms with Crippen LogP contribution in [0.4, 0.5) is 5.69 Å². The third-order valence-electron chi connectivity index (χ3n) is 4.67. The van der Waals surface area contributed by atoms with Gasteiger partial charge in [0.1, 0.15) is 0 Å². The van der Waals surface area contributed by atoms with E-state index in [1.54, 1.807) is 0 Å². The molecule has 0 aromatic heterocycles. The maximum atomic E-state index is 11.1. The first-order valence-electron chi connectivity index (χ1n) is 8.08.